The quantitative estimate of drug-likeness (QED) is 0.859. The number of nitrogens with zero attached hydrogens (tertiary/aromatic N) is 1. The van der Waals surface area contributed by atoms with Crippen LogP contribution in [-0.2, 0) is 0 Å². The second kappa shape index (κ2) is 5.80. The highest BCUT2D eigenvalue weighted by Gasteiger charge is 2.21. The second-order valence-electron chi connectivity index (χ2n) is 5.33. The molecular formula is C16H17ClN2O. The molecule has 0 saturated heterocycles. The van der Waals surface area contributed by atoms with Crippen molar-refractivity contribution in [2.45, 2.75) is 37.1 Å². The molecule has 20 heavy (non-hydrogen) atoms. The highest BCUT2D eigenvalue weighted by Crippen LogP contribution is 2.23. The van der Waals surface area contributed by atoms with Crippen molar-refractivity contribution in [3.05, 3.63) is 42.1 Å². The molecule has 104 valence electrons. The minimum Gasteiger partial charge on any atom is -0.349 e. The zero-order valence-corrected chi connectivity index (χ0v) is 11.9. The summed E-state index contributed by atoms with van der Waals surface area (Å²) in [5, 5.41) is 4.37. The summed E-state index contributed by atoms with van der Waals surface area (Å²) in [6.45, 7) is 0. The van der Waals surface area contributed by atoms with Gasteiger partial charge in [0.25, 0.3) is 5.91 Å². The van der Waals surface area contributed by atoms with E-state index in [0.717, 1.165) is 36.6 Å². The number of fused-ring (bicyclic) bond motifs is 1. The summed E-state index contributed by atoms with van der Waals surface area (Å²) in [6, 6.07) is 9.72. The first-order valence-corrected chi connectivity index (χ1v) is 7.46. The Morgan fingerprint density at radius 3 is 2.80 bits per heavy atom. The first-order valence-electron chi connectivity index (χ1n) is 7.02. The van der Waals surface area contributed by atoms with Crippen molar-refractivity contribution in [3.63, 3.8) is 0 Å². The molecule has 2 aromatic rings. The maximum absolute atomic E-state index is 12.3. The predicted octanol–water partition coefficient (Wildman–Crippen LogP) is 3.51. The smallest absolute Gasteiger partial charge is 0.251 e. The van der Waals surface area contributed by atoms with Crippen molar-refractivity contribution >= 4 is 28.4 Å². The molecule has 0 aliphatic heterocycles. The van der Waals surface area contributed by atoms with Crippen molar-refractivity contribution in [1.82, 2.24) is 10.3 Å². The Labute approximate surface area is 123 Å². The van der Waals surface area contributed by atoms with Crippen LogP contribution in [0.5, 0.6) is 0 Å². The lowest BCUT2D eigenvalue weighted by atomic mass is 9.95. The normalized spacial score (nSPS) is 22.6. The van der Waals surface area contributed by atoms with Crippen LogP contribution < -0.4 is 5.32 Å². The van der Waals surface area contributed by atoms with Gasteiger partial charge in [-0.15, -0.1) is 11.6 Å². The molecule has 0 radical (unpaired) electrons. The van der Waals surface area contributed by atoms with E-state index >= 15 is 0 Å². The molecule has 3 nitrogen and oxygen atoms in total. The number of pyridine rings is 1. The third-order valence-corrected chi connectivity index (χ3v) is 4.29. The molecule has 0 spiro atoms. The molecule has 1 heterocycles. The number of rotatable bonds is 2. The van der Waals surface area contributed by atoms with E-state index in [1.165, 1.54) is 0 Å². The second-order valence-corrected chi connectivity index (χ2v) is 5.95. The van der Waals surface area contributed by atoms with E-state index < -0.39 is 0 Å². The molecule has 1 aromatic carbocycles. The van der Waals surface area contributed by atoms with Gasteiger partial charge in [-0.05, 0) is 49.9 Å². The lowest BCUT2D eigenvalue weighted by Gasteiger charge is -2.25. The molecule has 1 aromatic heterocycles. The fourth-order valence-corrected chi connectivity index (χ4v) is 2.93. The summed E-state index contributed by atoms with van der Waals surface area (Å²) in [4.78, 5) is 16.5. The lowest BCUT2D eigenvalue weighted by Crippen LogP contribution is -2.37. The molecule has 1 fully saturated rings. The molecular weight excluding hydrogens is 272 g/mol. The molecule has 3 rings (SSSR count). The molecule has 1 N–H and O–H groups in total. The Morgan fingerprint density at radius 1 is 1.20 bits per heavy atom. The molecule has 1 amide bonds. The van der Waals surface area contributed by atoms with Gasteiger partial charge in [-0.3, -0.25) is 9.78 Å². The van der Waals surface area contributed by atoms with Crippen LogP contribution in [-0.4, -0.2) is 22.3 Å². The molecule has 4 heteroatoms. The Hall–Kier alpha value is -1.61. The standard InChI is InChI=1S/C16H17ClN2O/c17-13-4-6-14(7-5-13)19-16(20)12-3-8-15-11(10-12)2-1-9-18-15/h1-3,8-10,13-14H,4-7H2,(H,19,20). The fourth-order valence-electron chi connectivity index (χ4n) is 2.68. The predicted molar refractivity (Wildman–Crippen MR) is 81.1 cm³/mol. The Morgan fingerprint density at radius 2 is 2.00 bits per heavy atom. The van der Waals surface area contributed by atoms with Crippen molar-refractivity contribution in [3.8, 4) is 0 Å². The van der Waals surface area contributed by atoms with Crippen LogP contribution >= 0.6 is 11.6 Å². The average Bonchev–Trinajstić information content (AvgIpc) is 2.49. The maximum Gasteiger partial charge on any atom is 0.251 e. The van der Waals surface area contributed by atoms with E-state index in [1.807, 2.05) is 30.3 Å². The molecule has 0 atom stereocenters. The van der Waals surface area contributed by atoms with Gasteiger partial charge in [-0.1, -0.05) is 6.07 Å². The molecule has 1 saturated carbocycles. The van der Waals surface area contributed by atoms with Crippen molar-refractivity contribution in [1.29, 1.82) is 0 Å². The first kappa shape index (κ1) is 13.4. The average molecular weight is 289 g/mol. The van der Waals surface area contributed by atoms with E-state index in [2.05, 4.69) is 10.3 Å². The SMILES string of the molecule is O=C(NC1CCC(Cl)CC1)c1ccc2ncccc2c1. The Kier molecular flexibility index (Phi) is 3.88. The van der Waals surface area contributed by atoms with Crippen molar-refractivity contribution in [2.24, 2.45) is 0 Å². The molecule has 1 aliphatic rings. The zero-order valence-electron chi connectivity index (χ0n) is 11.2. The number of benzene rings is 1. The number of aromatic nitrogens is 1. The minimum atomic E-state index is -0.00576. The number of amides is 1. The van der Waals surface area contributed by atoms with Gasteiger partial charge >= 0.3 is 0 Å². The summed E-state index contributed by atoms with van der Waals surface area (Å²) >= 11 is 6.08. The Balaban J connectivity index is 1.72. The number of carbonyl (C=O) groups excluding carboxylic acids is 1. The van der Waals surface area contributed by atoms with Gasteiger partial charge in [0.2, 0.25) is 0 Å². The monoisotopic (exact) mass is 288 g/mol. The third kappa shape index (κ3) is 2.93. The van der Waals surface area contributed by atoms with Crippen LogP contribution in [0, 0.1) is 0 Å². The topological polar surface area (TPSA) is 42.0 Å². The summed E-state index contributed by atoms with van der Waals surface area (Å²) in [6.07, 6.45) is 5.65. The molecule has 0 unspecified atom stereocenters. The molecule has 0 bridgehead atoms. The van der Waals surface area contributed by atoms with Gasteiger partial charge in [0.1, 0.15) is 0 Å². The molecule has 1 aliphatic carbocycles. The van der Waals surface area contributed by atoms with Gasteiger partial charge in [-0.2, -0.15) is 0 Å². The van der Waals surface area contributed by atoms with Gasteiger partial charge in [-0.25, -0.2) is 0 Å². The zero-order chi connectivity index (χ0) is 13.9. The van der Waals surface area contributed by atoms with Crippen LogP contribution in [0.15, 0.2) is 36.5 Å². The highest BCUT2D eigenvalue weighted by molar-refractivity contribution is 6.20. The van der Waals surface area contributed by atoms with E-state index in [4.69, 9.17) is 11.6 Å². The number of nitrogens with one attached hydrogen (secondary N) is 1. The minimum absolute atomic E-state index is 0.00576. The van der Waals surface area contributed by atoms with E-state index in [-0.39, 0.29) is 17.3 Å². The lowest BCUT2D eigenvalue weighted by molar-refractivity contribution is 0.0928. The van der Waals surface area contributed by atoms with Crippen LogP contribution in [0.3, 0.4) is 0 Å². The number of hydrogen-bond donors (Lipinski definition) is 1. The fraction of sp³-hybridized carbons (Fsp3) is 0.375. The number of hydrogen-bond acceptors (Lipinski definition) is 2. The number of halogens is 1. The van der Waals surface area contributed by atoms with Crippen LogP contribution in [0.25, 0.3) is 10.9 Å². The summed E-state index contributed by atoms with van der Waals surface area (Å²) in [5.74, 6) is -0.00576. The summed E-state index contributed by atoms with van der Waals surface area (Å²) < 4.78 is 0. The third-order valence-electron chi connectivity index (χ3n) is 3.86. The van der Waals surface area contributed by atoms with E-state index in [0.29, 0.717) is 5.56 Å². The summed E-state index contributed by atoms with van der Waals surface area (Å²) in [7, 11) is 0. The van der Waals surface area contributed by atoms with Gasteiger partial charge < -0.3 is 5.32 Å². The van der Waals surface area contributed by atoms with E-state index in [1.54, 1.807) is 6.20 Å². The van der Waals surface area contributed by atoms with Gasteiger partial charge in [0.15, 0.2) is 0 Å². The van der Waals surface area contributed by atoms with Crippen LogP contribution in [0.4, 0.5) is 0 Å². The van der Waals surface area contributed by atoms with Crippen LogP contribution in [0.2, 0.25) is 0 Å². The summed E-state index contributed by atoms with van der Waals surface area (Å²) in [5.41, 5.74) is 1.60. The maximum atomic E-state index is 12.3. The van der Waals surface area contributed by atoms with Crippen LogP contribution in [0.1, 0.15) is 36.0 Å². The first-order chi connectivity index (χ1) is 9.72. The Bertz CT molecular complexity index is 621. The van der Waals surface area contributed by atoms with Crippen molar-refractivity contribution in [2.75, 3.05) is 0 Å². The van der Waals surface area contributed by atoms with Gasteiger partial charge in [0, 0.05) is 28.6 Å². The van der Waals surface area contributed by atoms with Gasteiger partial charge in [0.05, 0.1) is 5.52 Å². The van der Waals surface area contributed by atoms with Crippen molar-refractivity contribution < 1.29 is 4.79 Å². The van der Waals surface area contributed by atoms with E-state index in [9.17, 15) is 4.79 Å². The number of alkyl halides is 1. The largest absolute Gasteiger partial charge is 0.349 e. The highest BCUT2D eigenvalue weighted by atomic mass is 35.5. The number of carbonyl (C=O) groups is 1.